The molecule has 5 heteroatoms. The van der Waals surface area contributed by atoms with Gasteiger partial charge >= 0.3 is 0 Å². The lowest BCUT2D eigenvalue weighted by Gasteiger charge is -2.24. The van der Waals surface area contributed by atoms with E-state index >= 15 is 0 Å². The fraction of sp³-hybridized carbons (Fsp3) is 0.316. The van der Waals surface area contributed by atoms with Crippen molar-refractivity contribution in [1.29, 1.82) is 0 Å². The predicted molar refractivity (Wildman–Crippen MR) is 101 cm³/mol. The van der Waals surface area contributed by atoms with Gasteiger partial charge in [-0.1, -0.05) is 23.7 Å². The van der Waals surface area contributed by atoms with Gasteiger partial charge in [0.25, 0.3) is 0 Å². The Morgan fingerprint density at radius 1 is 1.12 bits per heavy atom. The summed E-state index contributed by atoms with van der Waals surface area (Å²) >= 11 is 6.20. The van der Waals surface area contributed by atoms with Crippen LogP contribution in [-0.2, 0) is 0 Å². The molecule has 124 valence electrons. The lowest BCUT2D eigenvalue weighted by atomic mass is 10.1. The van der Waals surface area contributed by atoms with Crippen LogP contribution in [-0.4, -0.2) is 36.4 Å². The van der Waals surface area contributed by atoms with Crippen molar-refractivity contribution in [2.24, 2.45) is 4.99 Å². The van der Waals surface area contributed by atoms with Gasteiger partial charge in [-0.25, -0.2) is 4.99 Å². The highest BCUT2D eigenvalue weighted by Crippen LogP contribution is 2.36. The minimum atomic E-state index is 0.538. The van der Waals surface area contributed by atoms with Gasteiger partial charge in [-0.3, -0.25) is 0 Å². The van der Waals surface area contributed by atoms with E-state index in [0.717, 1.165) is 54.5 Å². The lowest BCUT2D eigenvalue weighted by Crippen LogP contribution is -2.35. The molecule has 2 aliphatic heterocycles. The molecule has 0 radical (unpaired) electrons. The number of hydrogen-bond donors (Lipinski definition) is 2. The Morgan fingerprint density at radius 2 is 2.00 bits per heavy atom. The van der Waals surface area contributed by atoms with E-state index in [0.29, 0.717) is 11.1 Å². The molecule has 0 saturated carbocycles. The van der Waals surface area contributed by atoms with Gasteiger partial charge in [-0.05, 0) is 43.7 Å². The first-order valence-electron chi connectivity index (χ1n) is 8.44. The Morgan fingerprint density at radius 3 is 2.92 bits per heavy atom. The molecule has 24 heavy (non-hydrogen) atoms. The van der Waals surface area contributed by atoms with Crippen molar-refractivity contribution in [3.63, 3.8) is 0 Å². The van der Waals surface area contributed by atoms with Crippen LogP contribution < -0.4 is 10.6 Å². The van der Waals surface area contributed by atoms with Crippen molar-refractivity contribution >= 4 is 34.5 Å². The molecule has 1 unspecified atom stereocenters. The molecule has 4 nitrogen and oxygen atoms in total. The molecule has 2 heterocycles. The fourth-order valence-corrected chi connectivity index (χ4v) is 3.44. The summed E-state index contributed by atoms with van der Waals surface area (Å²) in [6.45, 7) is 5.16. The summed E-state index contributed by atoms with van der Waals surface area (Å²) in [6.07, 6.45) is 1.11. The maximum atomic E-state index is 6.20. The smallest absolute Gasteiger partial charge is 0.138 e. The average molecular weight is 341 g/mol. The average Bonchev–Trinajstić information content (AvgIpc) is 2.88. The first-order valence-corrected chi connectivity index (χ1v) is 8.81. The molecule has 2 aliphatic rings. The summed E-state index contributed by atoms with van der Waals surface area (Å²) in [7, 11) is 0. The van der Waals surface area contributed by atoms with Crippen LogP contribution in [0.2, 0.25) is 5.02 Å². The minimum absolute atomic E-state index is 0.538. The largest absolute Gasteiger partial charge is 0.355 e. The van der Waals surface area contributed by atoms with Crippen LogP contribution in [0.4, 0.5) is 17.1 Å². The van der Waals surface area contributed by atoms with Crippen molar-refractivity contribution in [3.05, 3.63) is 53.1 Å². The second-order valence-electron chi connectivity index (χ2n) is 6.40. The summed E-state index contributed by atoms with van der Waals surface area (Å²) in [6, 6.07) is 14.7. The molecule has 4 rings (SSSR count). The van der Waals surface area contributed by atoms with E-state index in [2.05, 4.69) is 46.7 Å². The van der Waals surface area contributed by atoms with Crippen LogP contribution in [0.5, 0.6) is 0 Å². The Bertz CT molecular complexity index is 787. The highest BCUT2D eigenvalue weighted by molar-refractivity contribution is 6.31. The molecule has 1 fully saturated rings. The third-order valence-electron chi connectivity index (χ3n) is 4.63. The molecule has 1 saturated heterocycles. The maximum absolute atomic E-state index is 6.20. The monoisotopic (exact) mass is 340 g/mol. The maximum Gasteiger partial charge on any atom is 0.138 e. The van der Waals surface area contributed by atoms with Crippen LogP contribution in [0, 0.1) is 0 Å². The minimum Gasteiger partial charge on any atom is -0.355 e. The SMILES string of the molecule is CC1CCN(C2=Nc3cc(Cl)ccc3Nc3ccccc32)CCN1. The summed E-state index contributed by atoms with van der Waals surface area (Å²) in [4.78, 5) is 7.38. The zero-order valence-corrected chi connectivity index (χ0v) is 14.5. The molecule has 2 N–H and O–H groups in total. The first kappa shape index (κ1) is 15.5. The van der Waals surface area contributed by atoms with E-state index in [-0.39, 0.29) is 0 Å². The number of halogens is 1. The van der Waals surface area contributed by atoms with Gasteiger partial charge in [-0.15, -0.1) is 0 Å². The zero-order chi connectivity index (χ0) is 16.5. The lowest BCUT2D eigenvalue weighted by molar-refractivity contribution is 0.443. The number of aliphatic imine (C=N–C) groups is 1. The Balaban J connectivity index is 1.82. The van der Waals surface area contributed by atoms with Crippen LogP contribution in [0.15, 0.2) is 47.5 Å². The molecular weight excluding hydrogens is 320 g/mol. The molecular formula is C19H21ClN4. The molecule has 2 aromatic carbocycles. The van der Waals surface area contributed by atoms with E-state index in [9.17, 15) is 0 Å². The Hall–Kier alpha value is -2.04. The number of benzene rings is 2. The summed E-state index contributed by atoms with van der Waals surface area (Å²) in [5, 5.41) is 7.76. The molecule has 0 bridgehead atoms. The third-order valence-corrected chi connectivity index (χ3v) is 4.86. The molecule has 1 atom stereocenters. The standard InChI is InChI=1S/C19H21ClN4/c1-13-8-10-24(11-9-21-13)19-15-4-2-3-5-16(15)22-17-7-6-14(20)12-18(17)23-19/h2-7,12-13,21-22H,8-11H2,1H3. The number of rotatable bonds is 0. The van der Waals surface area contributed by atoms with Crippen molar-refractivity contribution in [1.82, 2.24) is 10.2 Å². The van der Waals surface area contributed by atoms with Gasteiger partial charge in [-0.2, -0.15) is 0 Å². The fourth-order valence-electron chi connectivity index (χ4n) is 3.27. The van der Waals surface area contributed by atoms with E-state index in [1.54, 1.807) is 0 Å². The number of nitrogens with one attached hydrogen (secondary N) is 2. The van der Waals surface area contributed by atoms with Gasteiger partial charge in [0.2, 0.25) is 0 Å². The summed E-state index contributed by atoms with van der Waals surface area (Å²) in [5.74, 6) is 1.02. The quantitative estimate of drug-likeness (QED) is 0.756. The van der Waals surface area contributed by atoms with Crippen molar-refractivity contribution in [3.8, 4) is 0 Å². The number of anilines is 2. The van der Waals surface area contributed by atoms with Crippen molar-refractivity contribution < 1.29 is 0 Å². The van der Waals surface area contributed by atoms with Gasteiger partial charge in [0.15, 0.2) is 0 Å². The summed E-state index contributed by atoms with van der Waals surface area (Å²) < 4.78 is 0. The number of amidine groups is 1. The normalized spacial score (nSPS) is 20.2. The highest BCUT2D eigenvalue weighted by atomic mass is 35.5. The number of nitrogens with zero attached hydrogens (tertiary/aromatic N) is 2. The first-order chi connectivity index (χ1) is 11.7. The van der Waals surface area contributed by atoms with Crippen LogP contribution >= 0.6 is 11.6 Å². The van der Waals surface area contributed by atoms with Crippen LogP contribution in [0.1, 0.15) is 18.9 Å². The topological polar surface area (TPSA) is 39.7 Å². The van der Waals surface area contributed by atoms with Crippen molar-refractivity contribution in [2.75, 3.05) is 25.0 Å². The molecule has 0 spiro atoms. The molecule has 0 aliphatic carbocycles. The zero-order valence-electron chi connectivity index (χ0n) is 13.7. The number of para-hydroxylation sites is 1. The van der Waals surface area contributed by atoms with Gasteiger partial charge < -0.3 is 15.5 Å². The van der Waals surface area contributed by atoms with Gasteiger partial charge in [0.1, 0.15) is 5.84 Å². The predicted octanol–water partition coefficient (Wildman–Crippen LogP) is 4.16. The van der Waals surface area contributed by atoms with E-state index in [1.165, 1.54) is 0 Å². The van der Waals surface area contributed by atoms with Gasteiger partial charge in [0.05, 0.1) is 11.4 Å². The van der Waals surface area contributed by atoms with Crippen molar-refractivity contribution in [2.45, 2.75) is 19.4 Å². The number of fused-ring (bicyclic) bond motifs is 2. The van der Waals surface area contributed by atoms with Crippen LogP contribution in [0.3, 0.4) is 0 Å². The van der Waals surface area contributed by atoms with E-state index < -0.39 is 0 Å². The Kier molecular flexibility index (Phi) is 4.17. The molecule has 0 amide bonds. The molecule has 0 aromatic heterocycles. The molecule has 2 aromatic rings. The van der Waals surface area contributed by atoms with E-state index in [1.807, 2.05) is 18.2 Å². The van der Waals surface area contributed by atoms with Gasteiger partial charge in [0, 0.05) is 41.9 Å². The summed E-state index contributed by atoms with van der Waals surface area (Å²) in [5.41, 5.74) is 4.10. The van der Waals surface area contributed by atoms with Crippen LogP contribution in [0.25, 0.3) is 0 Å². The highest BCUT2D eigenvalue weighted by Gasteiger charge is 2.23. The Labute approximate surface area is 147 Å². The third kappa shape index (κ3) is 2.99. The number of hydrogen-bond acceptors (Lipinski definition) is 4. The second-order valence-corrected chi connectivity index (χ2v) is 6.83. The van der Waals surface area contributed by atoms with E-state index in [4.69, 9.17) is 16.6 Å². The second kappa shape index (κ2) is 6.46.